The SMILES string of the molecule is CC(C)COc1c(Cl)cc(N)cc1C(N)=O. The summed E-state index contributed by atoms with van der Waals surface area (Å²) in [6, 6.07) is 2.99. The summed E-state index contributed by atoms with van der Waals surface area (Å²) in [6.07, 6.45) is 0. The first-order valence-corrected chi connectivity index (χ1v) is 5.31. The molecule has 0 aliphatic rings. The van der Waals surface area contributed by atoms with E-state index in [0.29, 0.717) is 29.0 Å². The molecule has 1 aromatic carbocycles. The summed E-state index contributed by atoms with van der Waals surface area (Å²) in [5.41, 5.74) is 11.4. The molecule has 0 aliphatic heterocycles. The number of carbonyl (C=O) groups is 1. The van der Waals surface area contributed by atoms with E-state index in [1.807, 2.05) is 13.8 Å². The number of hydrogen-bond donors (Lipinski definition) is 2. The van der Waals surface area contributed by atoms with Gasteiger partial charge in [0, 0.05) is 5.69 Å². The molecule has 0 atom stereocenters. The summed E-state index contributed by atoms with van der Waals surface area (Å²) in [7, 11) is 0. The Bertz CT molecular complexity index is 405. The minimum atomic E-state index is -0.604. The van der Waals surface area contributed by atoms with Crippen LogP contribution >= 0.6 is 11.6 Å². The van der Waals surface area contributed by atoms with Crippen molar-refractivity contribution in [2.45, 2.75) is 13.8 Å². The van der Waals surface area contributed by atoms with Gasteiger partial charge in [-0.15, -0.1) is 0 Å². The lowest BCUT2D eigenvalue weighted by Crippen LogP contribution is -2.15. The summed E-state index contributed by atoms with van der Waals surface area (Å²) in [5, 5.41) is 0.300. The maximum Gasteiger partial charge on any atom is 0.252 e. The molecule has 0 aliphatic carbocycles. The van der Waals surface area contributed by atoms with Crippen LogP contribution < -0.4 is 16.2 Å². The van der Waals surface area contributed by atoms with E-state index in [1.54, 1.807) is 0 Å². The molecule has 0 fully saturated rings. The van der Waals surface area contributed by atoms with Crippen molar-refractivity contribution in [3.05, 3.63) is 22.7 Å². The fourth-order valence-electron chi connectivity index (χ4n) is 1.19. The van der Waals surface area contributed by atoms with Gasteiger partial charge >= 0.3 is 0 Å². The number of nitrogen functional groups attached to an aromatic ring is 1. The zero-order chi connectivity index (χ0) is 12.3. The first kappa shape index (κ1) is 12.6. The van der Waals surface area contributed by atoms with Gasteiger partial charge in [0.25, 0.3) is 5.91 Å². The number of hydrogen-bond acceptors (Lipinski definition) is 3. The molecule has 0 saturated heterocycles. The second kappa shape index (κ2) is 5.07. The molecule has 4 N–H and O–H groups in total. The third-order valence-corrected chi connectivity index (χ3v) is 2.17. The van der Waals surface area contributed by atoms with Gasteiger partial charge in [-0.25, -0.2) is 0 Å². The van der Waals surface area contributed by atoms with Gasteiger partial charge in [0.1, 0.15) is 0 Å². The zero-order valence-corrected chi connectivity index (χ0v) is 10.0. The Morgan fingerprint density at radius 1 is 1.50 bits per heavy atom. The van der Waals surface area contributed by atoms with Crippen molar-refractivity contribution in [1.29, 1.82) is 0 Å². The molecule has 1 rings (SSSR count). The van der Waals surface area contributed by atoms with Crippen LogP contribution in [0.2, 0.25) is 5.02 Å². The summed E-state index contributed by atoms with van der Waals surface area (Å²) in [5.74, 6) is 0.0272. The van der Waals surface area contributed by atoms with E-state index in [4.69, 9.17) is 27.8 Å². The molecule has 1 amide bonds. The van der Waals surface area contributed by atoms with Crippen molar-refractivity contribution in [3.8, 4) is 5.75 Å². The van der Waals surface area contributed by atoms with Crippen LogP contribution in [0, 0.1) is 5.92 Å². The fraction of sp³-hybridized carbons (Fsp3) is 0.364. The molecule has 0 radical (unpaired) electrons. The molecule has 5 heteroatoms. The maximum atomic E-state index is 11.2. The van der Waals surface area contributed by atoms with Crippen LogP contribution in [0.1, 0.15) is 24.2 Å². The predicted octanol–water partition coefficient (Wildman–Crippen LogP) is 2.06. The molecule has 88 valence electrons. The molecule has 0 spiro atoms. The molecule has 4 nitrogen and oxygen atoms in total. The van der Waals surface area contributed by atoms with E-state index < -0.39 is 5.91 Å². The summed E-state index contributed by atoms with van der Waals surface area (Å²) in [4.78, 5) is 11.2. The van der Waals surface area contributed by atoms with Gasteiger partial charge in [0.2, 0.25) is 0 Å². The fourth-order valence-corrected chi connectivity index (χ4v) is 1.48. The smallest absolute Gasteiger partial charge is 0.252 e. The molecule has 0 saturated carbocycles. The normalized spacial score (nSPS) is 10.5. The quantitative estimate of drug-likeness (QED) is 0.794. The third-order valence-electron chi connectivity index (χ3n) is 1.89. The Morgan fingerprint density at radius 3 is 2.62 bits per heavy atom. The Labute approximate surface area is 99.5 Å². The van der Waals surface area contributed by atoms with E-state index in [1.165, 1.54) is 12.1 Å². The number of primary amides is 1. The van der Waals surface area contributed by atoms with E-state index in [9.17, 15) is 4.79 Å². The Morgan fingerprint density at radius 2 is 2.12 bits per heavy atom. The van der Waals surface area contributed by atoms with E-state index in [-0.39, 0.29) is 5.56 Å². The topological polar surface area (TPSA) is 78.3 Å². The molecule has 0 unspecified atom stereocenters. The van der Waals surface area contributed by atoms with E-state index >= 15 is 0 Å². The van der Waals surface area contributed by atoms with Crippen molar-refractivity contribution in [1.82, 2.24) is 0 Å². The van der Waals surface area contributed by atoms with Gasteiger partial charge in [-0.05, 0) is 18.1 Å². The average molecular weight is 243 g/mol. The number of halogens is 1. The first-order chi connectivity index (χ1) is 7.41. The van der Waals surface area contributed by atoms with E-state index in [2.05, 4.69) is 0 Å². The van der Waals surface area contributed by atoms with Crippen molar-refractivity contribution >= 4 is 23.2 Å². The summed E-state index contributed by atoms with van der Waals surface area (Å²) >= 11 is 5.95. The van der Waals surface area contributed by atoms with Crippen LogP contribution in [0.5, 0.6) is 5.75 Å². The highest BCUT2D eigenvalue weighted by molar-refractivity contribution is 6.33. The minimum absolute atomic E-state index is 0.214. The Hall–Kier alpha value is -1.42. The molecular weight excluding hydrogens is 228 g/mol. The zero-order valence-electron chi connectivity index (χ0n) is 9.29. The van der Waals surface area contributed by atoms with Crippen molar-refractivity contribution < 1.29 is 9.53 Å². The van der Waals surface area contributed by atoms with Crippen LogP contribution in [0.15, 0.2) is 12.1 Å². The molecule has 16 heavy (non-hydrogen) atoms. The molecule has 0 heterocycles. The van der Waals surface area contributed by atoms with Gasteiger partial charge in [-0.1, -0.05) is 25.4 Å². The average Bonchev–Trinajstić information content (AvgIpc) is 2.14. The van der Waals surface area contributed by atoms with Gasteiger partial charge in [-0.2, -0.15) is 0 Å². The van der Waals surface area contributed by atoms with Crippen molar-refractivity contribution in [2.75, 3.05) is 12.3 Å². The number of amides is 1. The highest BCUT2D eigenvalue weighted by atomic mass is 35.5. The maximum absolute atomic E-state index is 11.2. The van der Waals surface area contributed by atoms with Gasteiger partial charge < -0.3 is 16.2 Å². The summed E-state index contributed by atoms with van der Waals surface area (Å²) in [6.45, 7) is 4.45. The second-order valence-corrected chi connectivity index (χ2v) is 4.36. The van der Waals surface area contributed by atoms with Crippen LogP contribution in [0.4, 0.5) is 5.69 Å². The molecule has 1 aromatic rings. The second-order valence-electron chi connectivity index (χ2n) is 3.95. The lowest BCUT2D eigenvalue weighted by molar-refractivity contribution is 0.0995. The van der Waals surface area contributed by atoms with Gasteiger partial charge in [-0.3, -0.25) is 4.79 Å². The van der Waals surface area contributed by atoms with Crippen LogP contribution in [-0.2, 0) is 0 Å². The number of ether oxygens (including phenoxy) is 1. The highest BCUT2D eigenvalue weighted by Gasteiger charge is 2.15. The largest absolute Gasteiger partial charge is 0.491 e. The number of carbonyl (C=O) groups excluding carboxylic acids is 1. The van der Waals surface area contributed by atoms with Crippen molar-refractivity contribution in [2.24, 2.45) is 11.7 Å². The molecule has 0 aromatic heterocycles. The van der Waals surface area contributed by atoms with Gasteiger partial charge in [0.15, 0.2) is 5.75 Å². The predicted molar refractivity (Wildman–Crippen MR) is 64.7 cm³/mol. The van der Waals surface area contributed by atoms with Crippen molar-refractivity contribution in [3.63, 3.8) is 0 Å². The lowest BCUT2D eigenvalue weighted by Gasteiger charge is -2.13. The van der Waals surface area contributed by atoms with Gasteiger partial charge in [0.05, 0.1) is 17.2 Å². The Kier molecular flexibility index (Phi) is 4.01. The minimum Gasteiger partial charge on any atom is -0.491 e. The number of benzene rings is 1. The summed E-state index contributed by atoms with van der Waals surface area (Å²) < 4.78 is 5.46. The molecule has 0 bridgehead atoms. The first-order valence-electron chi connectivity index (χ1n) is 4.93. The van der Waals surface area contributed by atoms with Crippen LogP contribution in [0.3, 0.4) is 0 Å². The lowest BCUT2D eigenvalue weighted by atomic mass is 10.1. The Balaban J connectivity index is 3.09. The highest BCUT2D eigenvalue weighted by Crippen LogP contribution is 2.31. The number of nitrogens with two attached hydrogens (primary N) is 2. The number of anilines is 1. The van der Waals surface area contributed by atoms with Crippen LogP contribution in [0.25, 0.3) is 0 Å². The standard InChI is InChI=1S/C11H15ClN2O2/c1-6(2)5-16-10-8(11(14)15)3-7(13)4-9(10)12/h3-4,6H,5,13H2,1-2H3,(H2,14,15). The monoisotopic (exact) mass is 242 g/mol. The third kappa shape index (κ3) is 3.03. The van der Waals surface area contributed by atoms with E-state index in [0.717, 1.165) is 0 Å². The number of rotatable bonds is 4. The van der Waals surface area contributed by atoms with Crippen LogP contribution in [-0.4, -0.2) is 12.5 Å². The molecular formula is C11H15ClN2O2.